The molecule has 2 N–H and O–H groups in total. The van der Waals surface area contributed by atoms with Crippen molar-refractivity contribution < 1.29 is 14.6 Å². The maximum absolute atomic E-state index is 11.7. The third-order valence-electron chi connectivity index (χ3n) is 2.30. The van der Waals surface area contributed by atoms with Crippen LogP contribution in [0.5, 0.6) is 11.5 Å². The number of halogens is 1. The van der Waals surface area contributed by atoms with Crippen LogP contribution in [0.25, 0.3) is 0 Å². The number of amides is 1. The second-order valence-electron chi connectivity index (χ2n) is 3.84. The Morgan fingerprint density at radius 2 is 2.00 bits per heavy atom. The number of phenols is 1. The van der Waals surface area contributed by atoms with Crippen LogP contribution in [0.15, 0.2) is 53.0 Å². The van der Waals surface area contributed by atoms with Gasteiger partial charge in [-0.2, -0.15) is 0 Å². The summed E-state index contributed by atoms with van der Waals surface area (Å²) in [6.07, 6.45) is 0. The summed E-state index contributed by atoms with van der Waals surface area (Å²) in [5, 5.41) is 12.0. The summed E-state index contributed by atoms with van der Waals surface area (Å²) >= 11 is 3.33. The summed E-state index contributed by atoms with van der Waals surface area (Å²) in [5.74, 6) is 0.288. The summed E-state index contributed by atoms with van der Waals surface area (Å²) in [5.41, 5.74) is 0.693. The lowest BCUT2D eigenvalue weighted by molar-refractivity contribution is -0.118. The average molecular weight is 322 g/mol. The molecule has 19 heavy (non-hydrogen) atoms. The van der Waals surface area contributed by atoms with E-state index in [0.717, 1.165) is 4.47 Å². The molecule has 0 heterocycles. The van der Waals surface area contributed by atoms with Crippen LogP contribution in [-0.4, -0.2) is 17.6 Å². The van der Waals surface area contributed by atoms with Crippen LogP contribution in [0.4, 0.5) is 5.69 Å². The molecule has 0 unspecified atom stereocenters. The van der Waals surface area contributed by atoms with E-state index in [2.05, 4.69) is 21.2 Å². The molecule has 0 aliphatic carbocycles. The minimum atomic E-state index is -0.263. The number of carbonyl (C=O) groups is 1. The second-order valence-corrected chi connectivity index (χ2v) is 4.76. The van der Waals surface area contributed by atoms with Crippen molar-refractivity contribution in [3.63, 3.8) is 0 Å². The van der Waals surface area contributed by atoms with E-state index in [4.69, 9.17) is 4.74 Å². The Hall–Kier alpha value is -2.01. The van der Waals surface area contributed by atoms with Crippen molar-refractivity contribution in [3.05, 3.63) is 53.0 Å². The van der Waals surface area contributed by atoms with Crippen LogP contribution in [0.2, 0.25) is 0 Å². The zero-order valence-electron chi connectivity index (χ0n) is 9.97. The van der Waals surface area contributed by atoms with Crippen molar-refractivity contribution >= 4 is 27.5 Å². The van der Waals surface area contributed by atoms with Gasteiger partial charge in [0.15, 0.2) is 6.61 Å². The minimum absolute atomic E-state index is 0.102. The monoisotopic (exact) mass is 321 g/mol. The van der Waals surface area contributed by atoms with Gasteiger partial charge in [0.1, 0.15) is 11.5 Å². The Labute approximate surface area is 119 Å². The van der Waals surface area contributed by atoms with Crippen molar-refractivity contribution in [1.29, 1.82) is 0 Å². The number of nitrogens with one attached hydrogen (secondary N) is 1. The maximum Gasteiger partial charge on any atom is 0.262 e. The van der Waals surface area contributed by atoms with Gasteiger partial charge >= 0.3 is 0 Å². The maximum atomic E-state index is 11.7. The summed E-state index contributed by atoms with van der Waals surface area (Å²) in [6.45, 7) is -0.115. The van der Waals surface area contributed by atoms with Crippen molar-refractivity contribution in [3.8, 4) is 11.5 Å². The van der Waals surface area contributed by atoms with E-state index in [9.17, 15) is 9.90 Å². The molecule has 1 amide bonds. The number of hydrogen-bond acceptors (Lipinski definition) is 3. The number of phenolic OH excluding ortho intramolecular Hbond substituents is 1. The smallest absolute Gasteiger partial charge is 0.262 e. The van der Waals surface area contributed by atoms with Gasteiger partial charge in [0.25, 0.3) is 5.91 Å². The van der Waals surface area contributed by atoms with Gasteiger partial charge in [-0.3, -0.25) is 4.79 Å². The highest BCUT2D eigenvalue weighted by atomic mass is 79.9. The fraction of sp³-hybridized carbons (Fsp3) is 0.0714. The Kier molecular flexibility index (Phi) is 4.41. The first kappa shape index (κ1) is 13.4. The summed E-state index contributed by atoms with van der Waals surface area (Å²) in [6, 6.07) is 13.6. The van der Waals surface area contributed by atoms with E-state index in [1.54, 1.807) is 24.3 Å². The molecule has 0 aliphatic rings. The van der Waals surface area contributed by atoms with Crippen LogP contribution in [-0.2, 0) is 4.79 Å². The second kappa shape index (κ2) is 6.24. The molecule has 0 atom stereocenters. The zero-order chi connectivity index (χ0) is 13.7. The van der Waals surface area contributed by atoms with Gasteiger partial charge in [-0.05, 0) is 30.3 Å². The molecule has 4 nitrogen and oxygen atoms in total. The van der Waals surface area contributed by atoms with Crippen LogP contribution >= 0.6 is 15.9 Å². The van der Waals surface area contributed by atoms with Gasteiger partial charge in [0.05, 0.1) is 0 Å². The molecule has 2 aromatic rings. The lowest BCUT2D eigenvalue weighted by Crippen LogP contribution is -2.20. The van der Waals surface area contributed by atoms with Crippen LogP contribution in [0, 0.1) is 0 Å². The summed E-state index contributed by atoms with van der Waals surface area (Å²) < 4.78 is 6.16. The van der Waals surface area contributed by atoms with E-state index < -0.39 is 0 Å². The average Bonchev–Trinajstić information content (AvgIpc) is 2.36. The van der Waals surface area contributed by atoms with E-state index in [-0.39, 0.29) is 18.3 Å². The zero-order valence-corrected chi connectivity index (χ0v) is 11.6. The molecule has 2 rings (SSSR count). The fourth-order valence-corrected chi connectivity index (χ4v) is 1.88. The fourth-order valence-electron chi connectivity index (χ4n) is 1.49. The number of carbonyl (C=O) groups excluding carboxylic acids is 1. The van der Waals surface area contributed by atoms with E-state index >= 15 is 0 Å². The molecule has 0 radical (unpaired) electrons. The Morgan fingerprint density at radius 1 is 1.21 bits per heavy atom. The van der Waals surface area contributed by atoms with Crippen LogP contribution in [0.3, 0.4) is 0 Å². The topological polar surface area (TPSA) is 58.6 Å². The molecule has 0 aromatic heterocycles. The minimum Gasteiger partial charge on any atom is -0.508 e. The van der Waals surface area contributed by atoms with Crippen molar-refractivity contribution in [2.45, 2.75) is 0 Å². The lowest BCUT2D eigenvalue weighted by atomic mass is 10.3. The molecule has 2 aromatic carbocycles. The Morgan fingerprint density at radius 3 is 2.74 bits per heavy atom. The number of anilines is 1. The van der Waals surface area contributed by atoms with Crippen LogP contribution in [0.1, 0.15) is 0 Å². The third kappa shape index (κ3) is 4.30. The quantitative estimate of drug-likeness (QED) is 0.909. The lowest BCUT2D eigenvalue weighted by Gasteiger charge is -2.08. The van der Waals surface area contributed by atoms with Crippen molar-refractivity contribution in [2.24, 2.45) is 0 Å². The number of hydrogen-bond donors (Lipinski definition) is 2. The van der Waals surface area contributed by atoms with Crippen molar-refractivity contribution in [2.75, 3.05) is 11.9 Å². The van der Waals surface area contributed by atoms with E-state index in [1.165, 1.54) is 12.1 Å². The molecule has 0 fully saturated rings. The first-order valence-corrected chi connectivity index (χ1v) is 6.40. The molecular formula is C14H12BrNO3. The van der Waals surface area contributed by atoms with Crippen molar-refractivity contribution in [1.82, 2.24) is 0 Å². The molecule has 0 spiro atoms. The van der Waals surface area contributed by atoms with Gasteiger partial charge in [0, 0.05) is 16.2 Å². The largest absolute Gasteiger partial charge is 0.508 e. The standard InChI is InChI=1S/C14H12BrNO3/c15-10-3-1-4-11(7-10)16-14(18)9-19-13-6-2-5-12(17)8-13/h1-8,17H,9H2,(H,16,18). The molecular weight excluding hydrogens is 310 g/mol. The molecule has 98 valence electrons. The molecule has 0 saturated heterocycles. The SMILES string of the molecule is O=C(COc1cccc(O)c1)Nc1cccc(Br)c1. The molecule has 0 saturated carbocycles. The first-order valence-electron chi connectivity index (χ1n) is 5.61. The normalized spacial score (nSPS) is 9.95. The van der Waals surface area contributed by atoms with Gasteiger partial charge < -0.3 is 15.2 Å². The Bertz CT molecular complexity index is 586. The van der Waals surface area contributed by atoms with Crippen LogP contribution < -0.4 is 10.1 Å². The summed E-state index contributed by atoms with van der Waals surface area (Å²) in [4.78, 5) is 11.7. The predicted octanol–water partition coefficient (Wildman–Crippen LogP) is 3.17. The van der Waals surface area contributed by atoms with Gasteiger partial charge in [-0.15, -0.1) is 0 Å². The number of rotatable bonds is 4. The molecule has 0 bridgehead atoms. The van der Waals surface area contributed by atoms with Gasteiger partial charge in [-0.1, -0.05) is 28.1 Å². The molecule has 5 heteroatoms. The number of ether oxygens (including phenoxy) is 1. The highest BCUT2D eigenvalue weighted by Gasteiger charge is 2.04. The predicted molar refractivity (Wildman–Crippen MR) is 76.4 cm³/mol. The third-order valence-corrected chi connectivity index (χ3v) is 2.79. The van der Waals surface area contributed by atoms with E-state index in [0.29, 0.717) is 11.4 Å². The highest BCUT2D eigenvalue weighted by Crippen LogP contribution is 2.18. The van der Waals surface area contributed by atoms with Gasteiger partial charge in [0.2, 0.25) is 0 Å². The number of aromatic hydroxyl groups is 1. The Balaban J connectivity index is 1.88. The highest BCUT2D eigenvalue weighted by molar-refractivity contribution is 9.10. The first-order chi connectivity index (χ1) is 9.13. The van der Waals surface area contributed by atoms with Gasteiger partial charge in [-0.25, -0.2) is 0 Å². The summed E-state index contributed by atoms with van der Waals surface area (Å²) in [7, 11) is 0. The number of benzene rings is 2. The molecule has 0 aliphatic heterocycles. The van der Waals surface area contributed by atoms with E-state index in [1.807, 2.05) is 12.1 Å².